The Labute approximate surface area is 580 Å². The monoisotopic (exact) mass is 1290 g/mol. The lowest BCUT2D eigenvalue weighted by atomic mass is 9.98. The van der Waals surface area contributed by atoms with Crippen molar-refractivity contribution in [2.45, 2.75) is 0 Å². The summed E-state index contributed by atoms with van der Waals surface area (Å²) in [5, 5.41) is 11.9. The lowest BCUT2D eigenvalue weighted by Gasteiger charge is -2.18. The van der Waals surface area contributed by atoms with Gasteiger partial charge in [-0.15, -0.1) is 0 Å². The number of nitrogens with zero attached hydrogens (tertiary/aromatic N) is 8. The van der Waals surface area contributed by atoms with Crippen LogP contribution in [-0.4, -0.2) is 37.8 Å². The molecule has 0 unspecified atom stereocenters. The van der Waals surface area contributed by atoms with Crippen LogP contribution in [0.2, 0.25) is 0 Å². The van der Waals surface area contributed by atoms with Crippen LogP contribution < -0.4 is 0 Å². The number of hydrogen-bond donors (Lipinski definition) is 0. The molecule has 15 aromatic carbocycles. The predicted molar refractivity (Wildman–Crippen MR) is 419 cm³/mol. The van der Waals surface area contributed by atoms with Crippen LogP contribution in [0.3, 0.4) is 0 Å². The standard InChI is InChI=1S/C93H58N8/c1-4-23-59(24-5-1)91-94-92(64-25-22-30-68(53-64)99-79-37-16-10-31-69(79)70-32-11-17-38-80(70)99)96-93(95-91)65-47-52-89(100-83-41-20-12-33-71(83)72-34-13-21-42-84(72)100)90(58-65)101-87-50-45-62(60-43-48-85-75(54-60)73-35-14-18-39-81(73)97(85)66-26-6-2-7-27-66)56-77(87)78-57-63(46-51-88(78)101)61-44-49-86-76(55-61)74-36-15-19-40-82(74)98(86)67-28-8-3-9-29-67/h1-58H. The number of para-hydroxylation sites is 8. The maximum Gasteiger partial charge on any atom is 0.164 e. The molecule has 0 saturated carbocycles. The first-order valence-corrected chi connectivity index (χ1v) is 34.4. The van der Waals surface area contributed by atoms with Gasteiger partial charge in [-0.05, 0) is 162 Å². The summed E-state index contributed by atoms with van der Waals surface area (Å²) in [6.45, 7) is 0. The molecule has 0 atom stereocenters. The van der Waals surface area contributed by atoms with Gasteiger partial charge in [-0.25, -0.2) is 15.0 Å². The molecule has 21 aromatic rings. The lowest BCUT2D eigenvalue weighted by molar-refractivity contribution is 1.06. The van der Waals surface area contributed by atoms with Gasteiger partial charge in [0, 0.05) is 87.6 Å². The number of benzene rings is 15. The fourth-order valence-electron chi connectivity index (χ4n) is 16.2. The van der Waals surface area contributed by atoms with Crippen LogP contribution in [0.4, 0.5) is 0 Å². The van der Waals surface area contributed by atoms with Gasteiger partial charge in [-0.2, -0.15) is 0 Å². The minimum atomic E-state index is 0.560. The highest BCUT2D eigenvalue weighted by molar-refractivity contribution is 6.16. The van der Waals surface area contributed by atoms with E-state index in [-0.39, 0.29) is 0 Å². The van der Waals surface area contributed by atoms with Crippen LogP contribution in [0.25, 0.3) is 194 Å². The molecule has 0 spiro atoms. The minimum Gasteiger partial charge on any atom is -0.309 e. The van der Waals surface area contributed by atoms with Gasteiger partial charge in [0.15, 0.2) is 17.5 Å². The van der Waals surface area contributed by atoms with Crippen LogP contribution in [-0.2, 0) is 0 Å². The van der Waals surface area contributed by atoms with Crippen LogP contribution in [0, 0.1) is 0 Å². The van der Waals surface area contributed by atoms with Crippen molar-refractivity contribution in [3.63, 3.8) is 0 Å². The molecular weight excluding hydrogens is 1230 g/mol. The molecule has 6 aromatic heterocycles. The molecule has 0 saturated heterocycles. The third-order valence-electron chi connectivity index (χ3n) is 20.7. The summed E-state index contributed by atoms with van der Waals surface area (Å²) in [7, 11) is 0. The van der Waals surface area contributed by atoms with E-state index >= 15 is 0 Å². The first kappa shape index (κ1) is 56.5. The topological polar surface area (TPSA) is 63.3 Å². The van der Waals surface area contributed by atoms with E-state index in [0.29, 0.717) is 17.5 Å². The third-order valence-corrected chi connectivity index (χ3v) is 20.7. The summed E-state index contributed by atoms with van der Waals surface area (Å²) in [4.78, 5) is 16.3. The van der Waals surface area contributed by atoms with Crippen molar-refractivity contribution in [2.24, 2.45) is 0 Å². The van der Waals surface area contributed by atoms with Gasteiger partial charge in [0.1, 0.15) is 0 Å². The average Bonchev–Trinajstić information content (AvgIpc) is 1.57. The Hall–Kier alpha value is -13.7. The van der Waals surface area contributed by atoms with Gasteiger partial charge >= 0.3 is 0 Å². The van der Waals surface area contributed by atoms with Crippen molar-refractivity contribution >= 4 is 109 Å². The third kappa shape index (κ3) is 8.85. The number of rotatable bonds is 10. The molecule has 0 N–H and O–H groups in total. The molecule has 21 rings (SSSR count). The summed E-state index contributed by atoms with van der Waals surface area (Å²) < 4.78 is 12.1. The molecule has 0 aliphatic rings. The molecule has 101 heavy (non-hydrogen) atoms. The van der Waals surface area contributed by atoms with Gasteiger partial charge in [0.2, 0.25) is 0 Å². The summed E-state index contributed by atoms with van der Waals surface area (Å²) >= 11 is 0. The van der Waals surface area contributed by atoms with Crippen LogP contribution in [0.5, 0.6) is 0 Å². The van der Waals surface area contributed by atoms with Crippen LogP contribution in [0.15, 0.2) is 352 Å². The van der Waals surface area contributed by atoms with E-state index in [9.17, 15) is 0 Å². The quantitative estimate of drug-likeness (QED) is 0.137. The Morgan fingerprint density at radius 2 is 0.416 bits per heavy atom. The second-order valence-electron chi connectivity index (χ2n) is 26.3. The second kappa shape index (κ2) is 22.4. The predicted octanol–water partition coefficient (Wildman–Crippen LogP) is 23.7. The fourth-order valence-corrected chi connectivity index (χ4v) is 16.2. The van der Waals surface area contributed by atoms with E-state index < -0.39 is 0 Å². The maximum absolute atomic E-state index is 5.54. The van der Waals surface area contributed by atoms with Crippen LogP contribution >= 0.6 is 0 Å². The molecule has 0 aliphatic heterocycles. The molecule has 0 radical (unpaired) electrons. The van der Waals surface area contributed by atoms with Crippen molar-refractivity contribution in [1.82, 2.24) is 37.8 Å². The summed E-state index contributed by atoms with van der Waals surface area (Å²) in [6.07, 6.45) is 0. The summed E-state index contributed by atoms with van der Waals surface area (Å²) in [6, 6.07) is 128. The minimum absolute atomic E-state index is 0.560. The zero-order valence-corrected chi connectivity index (χ0v) is 54.6. The van der Waals surface area contributed by atoms with E-state index in [2.05, 4.69) is 356 Å². The zero-order chi connectivity index (χ0) is 66.2. The summed E-state index contributed by atoms with van der Waals surface area (Å²) in [5.41, 5.74) is 23.7. The van der Waals surface area contributed by atoms with Crippen molar-refractivity contribution in [1.29, 1.82) is 0 Å². The first-order valence-electron chi connectivity index (χ1n) is 34.4. The highest BCUT2D eigenvalue weighted by Gasteiger charge is 2.25. The van der Waals surface area contributed by atoms with E-state index in [1.807, 2.05) is 18.2 Å². The lowest BCUT2D eigenvalue weighted by Crippen LogP contribution is -2.05. The van der Waals surface area contributed by atoms with Crippen molar-refractivity contribution in [2.75, 3.05) is 0 Å². The van der Waals surface area contributed by atoms with E-state index in [1.165, 1.54) is 65.2 Å². The van der Waals surface area contributed by atoms with Crippen molar-refractivity contribution in [3.05, 3.63) is 352 Å². The van der Waals surface area contributed by atoms with E-state index in [4.69, 9.17) is 15.0 Å². The molecule has 0 fully saturated rings. The SMILES string of the molecule is c1ccc(-c2nc(-c3cccc(-n4c5ccccc5c5ccccc54)c3)nc(-c3ccc(-n4c5ccccc5c5ccccc54)c(-n4c5ccc(-c6ccc7c(c6)c6ccccc6n7-c6ccccc6)cc5c5cc(-c6ccc7c(c6)c6ccccc6n7-c6ccccc6)ccc54)c3)n2)cc1. The molecule has 6 heterocycles. The normalized spacial score (nSPS) is 12.0. The Morgan fingerprint density at radius 1 is 0.149 bits per heavy atom. The fraction of sp³-hybridized carbons (Fsp3) is 0. The zero-order valence-electron chi connectivity index (χ0n) is 54.6. The molecule has 8 heteroatoms. The van der Waals surface area contributed by atoms with Gasteiger partial charge in [-0.3, -0.25) is 0 Å². The van der Waals surface area contributed by atoms with E-state index in [0.717, 1.165) is 111 Å². The van der Waals surface area contributed by atoms with Crippen molar-refractivity contribution < 1.29 is 0 Å². The van der Waals surface area contributed by atoms with Gasteiger partial charge in [-0.1, -0.05) is 212 Å². The molecule has 470 valence electrons. The first-order chi connectivity index (χ1) is 50.1. The number of fused-ring (bicyclic) bond motifs is 15. The second-order valence-corrected chi connectivity index (χ2v) is 26.3. The molecule has 0 aliphatic carbocycles. The van der Waals surface area contributed by atoms with Crippen LogP contribution in [0.1, 0.15) is 0 Å². The molecule has 0 amide bonds. The van der Waals surface area contributed by atoms with E-state index in [1.54, 1.807) is 0 Å². The number of aromatic nitrogens is 8. The molecular formula is C93H58N8. The van der Waals surface area contributed by atoms with Gasteiger partial charge < -0.3 is 22.8 Å². The summed E-state index contributed by atoms with van der Waals surface area (Å²) in [5.74, 6) is 1.72. The van der Waals surface area contributed by atoms with Gasteiger partial charge in [0.25, 0.3) is 0 Å². The maximum atomic E-state index is 5.54. The Morgan fingerprint density at radius 3 is 0.832 bits per heavy atom. The van der Waals surface area contributed by atoms with Crippen molar-refractivity contribution in [3.8, 4) is 84.9 Å². The largest absolute Gasteiger partial charge is 0.309 e. The van der Waals surface area contributed by atoms with Gasteiger partial charge in [0.05, 0.1) is 66.5 Å². The molecule has 0 bridgehead atoms. The Balaban J connectivity index is 0.810. The molecule has 8 nitrogen and oxygen atoms in total. The highest BCUT2D eigenvalue weighted by atomic mass is 15.1. The highest BCUT2D eigenvalue weighted by Crippen LogP contribution is 2.45. The Kier molecular flexibility index (Phi) is 12.5. The average molecular weight is 1290 g/mol. The Bertz CT molecular complexity index is 6630. The smallest absolute Gasteiger partial charge is 0.164 e. The number of hydrogen-bond acceptors (Lipinski definition) is 3.